The summed E-state index contributed by atoms with van der Waals surface area (Å²) in [4.78, 5) is 26.0. The normalized spacial score (nSPS) is 11.9. The van der Waals surface area contributed by atoms with E-state index in [1.165, 1.54) is 16.8 Å². The van der Waals surface area contributed by atoms with Crippen LogP contribution in [-0.2, 0) is 0 Å². The molecule has 0 saturated carbocycles. The van der Waals surface area contributed by atoms with E-state index < -0.39 is 5.91 Å². The van der Waals surface area contributed by atoms with E-state index in [4.69, 9.17) is 0 Å². The second-order valence-corrected chi connectivity index (χ2v) is 6.69. The Morgan fingerprint density at radius 3 is 2.24 bits per heavy atom. The number of benzene rings is 3. The summed E-state index contributed by atoms with van der Waals surface area (Å²) < 4.78 is 14.4. The van der Waals surface area contributed by atoms with E-state index in [2.05, 4.69) is 10.4 Å². The van der Waals surface area contributed by atoms with Crippen LogP contribution in [0.1, 0.15) is 29.0 Å². The van der Waals surface area contributed by atoms with Crippen LogP contribution in [0.5, 0.6) is 0 Å². The van der Waals surface area contributed by atoms with Crippen molar-refractivity contribution >= 4 is 16.7 Å². The van der Waals surface area contributed by atoms with Crippen molar-refractivity contribution in [3.05, 3.63) is 106 Å². The van der Waals surface area contributed by atoms with Crippen molar-refractivity contribution in [1.29, 1.82) is 0 Å². The molecule has 1 heterocycles. The fraction of sp³-hybridized carbons (Fsp3) is 0.0870. The number of fused-ring (bicyclic) bond motifs is 1. The summed E-state index contributed by atoms with van der Waals surface area (Å²) in [5, 5.41) is 8.13. The number of aromatic nitrogens is 2. The summed E-state index contributed by atoms with van der Waals surface area (Å²) >= 11 is 0. The molecule has 3 aromatic carbocycles. The van der Waals surface area contributed by atoms with Crippen LogP contribution in [0.3, 0.4) is 0 Å². The molecule has 0 spiro atoms. The Hall–Kier alpha value is -3.80. The number of hydrogen-bond acceptors (Lipinski definition) is 3. The van der Waals surface area contributed by atoms with Gasteiger partial charge in [0.05, 0.1) is 17.1 Å². The van der Waals surface area contributed by atoms with Gasteiger partial charge in [0.25, 0.3) is 11.5 Å². The molecule has 0 unspecified atom stereocenters. The predicted molar refractivity (Wildman–Crippen MR) is 110 cm³/mol. The van der Waals surface area contributed by atoms with Crippen LogP contribution in [0, 0.1) is 5.82 Å². The highest BCUT2D eigenvalue weighted by atomic mass is 19.1. The molecule has 4 rings (SSSR count). The number of halogens is 1. The van der Waals surface area contributed by atoms with Crippen LogP contribution in [0.2, 0.25) is 0 Å². The zero-order chi connectivity index (χ0) is 20.4. The van der Waals surface area contributed by atoms with Gasteiger partial charge in [-0.3, -0.25) is 9.59 Å². The molecular weight excluding hydrogens is 369 g/mol. The highest BCUT2D eigenvalue weighted by molar-refractivity contribution is 6.05. The molecule has 0 aliphatic rings. The van der Waals surface area contributed by atoms with Gasteiger partial charge >= 0.3 is 0 Å². The molecule has 1 atom stereocenters. The monoisotopic (exact) mass is 387 g/mol. The van der Waals surface area contributed by atoms with Crippen LogP contribution in [0.15, 0.2) is 83.7 Å². The molecule has 0 saturated heterocycles. The second-order valence-electron chi connectivity index (χ2n) is 6.69. The van der Waals surface area contributed by atoms with Gasteiger partial charge in [-0.2, -0.15) is 9.78 Å². The van der Waals surface area contributed by atoms with Gasteiger partial charge in [0.15, 0.2) is 5.69 Å². The van der Waals surface area contributed by atoms with Crippen LogP contribution in [-0.4, -0.2) is 15.7 Å². The molecule has 0 aliphatic heterocycles. The maximum absolute atomic E-state index is 13.2. The first-order chi connectivity index (χ1) is 14.0. The Morgan fingerprint density at radius 2 is 1.55 bits per heavy atom. The molecule has 144 valence electrons. The average Bonchev–Trinajstić information content (AvgIpc) is 2.75. The van der Waals surface area contributed by atoms with E-state index in [-0.39, 0.29) is 23.1 Å². The van der Waals surface area contributed by atoms with Gasteiger partial charge in [0, 0.05) is 5.39 Å². The third-order valence-corrected chi connectivity index (χ3v) is 4.74. The van der Waals surface area contributed by atoms with E-state index in [1.807, 2.05) is 6.07 Å². The lowest BCUT2D eigenvalue weighted by molar-refractivity contribution is 0.0935. The predicted octanol–water partition coefficient (Wildman–Crippen LogP) is 4.02. The van der Waals surface area contributed by atoms with Crippen LogP contribution in [0.4, 0.5) is 4.39 Å². The molecule has 4 aromatic rings. The largest absolute Gasteiger partial charge is 0.344 e. The van der Waals surface area contributed by atoms with Crippen molar-refractivity contribution in [3.8, 4) is 5.69 Å². The summed E-state index contributed by atoms with van der Waals surface area (Å²) in [6.07, 6.45) is 0. The number of rotatable bonds is 4. The number of nitrogens with one attached hydrogen (secondary N) is 1. The van der Waals surface area contributed by atoms with Crippen LogP contribution < -0.4 is 10.9 Å². The molecule has 0 bridgehead atoms. The molecule has 1 amide bonds. The van der Waals surface area contributed by atoms with E-state index in [0.717, 1.165) is 5.56 Å². The highest BCUT2D eigenvalue weighted by Gasteiger charge is 2.19. The Labute approximate surface area is 166 Å². The van der Waals surface area contributed by atoms with Gasteiger partial charge in [0.1, 0.15) is 5.82 Å². The number of para-hydroxylation sites is 1. The number of carbonyl (C=O) groups excluding carboxylic acids is 1. The first-order valence-electron chi connectivity index (χ1n) is 9.18. The van der Waals surface area contributed by atoms with Gasteiger partial charge < -0.3 is 5.32 Å². The quantitative estimate of drug-likeness (QED) is 0.575. The van der Waals surface area contributed by atoms with Gasteiger partial charge in [-0.05, 0) is 42.8 Å². The third-order valence-electron chi connectivity index (χ3n) is 4.74. The minimum Gasteiger partial charge on any atom is -0.344 e. The Balaban J connectivity index is 1.78. The summed E-state index contributed by atoms with van der Waals surface area (Å²) in [7, 11) is 0. The Kier molecular flexibility index (Phi) is 4.91. The fourth-order valence-corrected chi connectivity index (χ4v) is 3.20. The standard InChI is InChI=1S/C23H18FN3O2/c1-15(16-11-13-17(24)14-12-16)25-22(28)21-19-9-5-6-10-20(19)23(29)27(26-21)18-7-3-2-4-8-18/h2-15H,1H3,(H,25,28)/t15-/m0/s1. The van der Waals surface area contributed by atoms with E-state index in [0.29, 0.717) is 16.5 Å². The van der Waals surface area contributed by atoms with Crippen molar-refractivity contribution in [3.63, 3.8) is 0 Å². The summed E-state index contributed by atoms with van der Waals surface area (Å²) in [6, 6.07) is 21.4. The molecule has 5 nitrogen and oxygen atoms in total. The zero-order valence-corrected chi connectivity index (χ0v) is 15.7. The molecule has 6 heteroatoms. The molecule has 0 aliphatic carbocycles. The Morgan fingerprint density at radius 1 is 0.931 bits per heavy atom. The van der Waals surface area contributed by atoms with Crippen LogP contribution >= 0.6 is 0 Å². The van der Waals surface area contributed by atoms with E-state index >= 15 is 0 Å². The van der Waals surface area contributed by atoms with Gasteiger partial charge in [-0.15, -0.1) is 0 Å². The molecule has 0 fully saturated rings. The van der Waals surface area contributed by atoms with E-state index in [9.17, 15) is 14.0 Å². The van der Waals surface area contributed by atoms with Crippen LogP contribution in [0.25, 0.3) is 16.5 Å². The number of amides is 1. The highest BCUT2D eigenvalue weighted by Crippen LogP contribution is 2.18. The van der Waals surface area contributed by atoms with Crippen molar-refractivity contribution in [2.45, 2.75) is 13.0 Å². The van der Waals surface area contributed by atoms with Gasteiger partial charge in [0.2, 0.25) is 0 Å². The molecule has 0 radical (unpaired) electrons. The van der Waals surface area contributed by atoms with Gasteiger partial charge in [-0.25, -0.2) is 4.39 Å². The van der Waals surface area contributed by atoms with Crippen molar-refractivity contribution < 1.29 is 9.18 Å². The number of carbonyl (C=O) groups is 1. The molecule has 1 aromatic heterocycles. The average molecular weight is 387 g/mol. The SMILES string of the molecule is C[C@H](NC(=O)c1nn(-c2ccccc2)c(=O)c2ccccc12)c1ccc(F)cc1. The first-order valence-corrected chi connectivity index (χ1v) is 9.18. The molecule has 1 N–H and O–H groups in total. The summed E-state index contributed by atoms with van der Waals surface area (Å²) in [5.74, 6) is -0.752. The van der Waals surface area contributed by atoms with Gasteiger partial charge in [-0.1, -0.05) is 48.5 Å². The maximum Gasteiger partial charge on any atom is 0.279 e. The lowest BCUT2D eigenvalue weighted by Gasteiger charge is -2.16. The number of hydrogen-bond donors (Lipinski definition) is 1. The van der Waals surface area contributed by atoms with Crippen molar-refractivity contribution in [1.82, 2.24) is 15.1 Å². The zero-order valence-electron chi connectivity index (χ0n) is 15.7. The second kappa shape index (κ2) is 7.67. The van der Waals surface area contributed by atoms with E-state index in [1.54, 1.807) is 67.6 Å². The topological polar surface area (TPSA) is 64.0 Å². The lowest BCUT2D eigenvalue weighted by Crippen LogP contribution is -2.31. The molecule has 29 heavy (non-hydrogen) atoms. The smallest absolute Gasteiger partial charge is 0.279 e. The first kappa shape index (κ1) is 18.6. The minimum atomic E-state index is -0.414. The molecular formula is C23H18FN3O2. The Bertz CT molecular complexity index is 1230. The minimum absolute atomic E-state index is 0.151. The number of nitrogens with zero attached hydrogens (tertiary/aromatic N) is 2. The summed E-state index contributed by atoms with van der Waals surface area (Å²) in [6.45, 7) is 1.81. The van der Waals surface area contributed by atoms with Crippen molar-refractivity contribution in [2.75, 3.05) is 0 Å². The third kappa shape index (κ3) is 3.65. The summed E-state index contributed by atoms with van der Waals surface area (Å²) in [5.41, 5.74) is 1.19. The lowest BCUT2D eigenvalue weighted by atomic mass is 10.1. The van der Waals surface area contributed by atoms with Crippen molar-refractivity contribution in [2.24, 2.45) is 0 Å². The maximum atomic E-state index is 13.2. The fourth-order valence-electron chi connectivity index (χ4n) is 3.20.